The standard InChI is InChI=1S/C14H10Cl2N2O4/c15-10-6-7-11(18(20)21)13(12(10)16)17-14(19)22-8-9-4-2-1-3-5-9/h1-7H,8H2,(H,17,19). The highest BCUT2D eigenvalue weighted by Crippen LogP contribution is 2.37. The van der Waals surface area contributed by atoms with Crippen LogP contribution in [0.5, 0.6) is 0 Å². The number of rotatable bonds is 4. The van der Waals surface area contributed by atoms with Gasteiger partial charge in [0.2, 0.25) is 0 Å². The molecule has 0 atom stereocenters. The zero-order valence-corrected chi connectivity index (χ0v) is 12.6. The maximum Gasteiger partial charge on any atom is 0.412 e. The Morgan fingerprint density at radius 2 is 1.86 bits per heavy atom. The molecule has 1 N–H and O–H groups in total. The lowest BCUT2D eigenvalue weighted by Gasteiger charge is -2.09. The number of carbonyl (C=O) groups is 1. The van der Waals surface area contributed by atoms with Crippen molar-refractivity contribution in [2.24, 2.45) is 0 Å². The van der Waals surface area contributed by atoms with E-state index in [1.807, 2.05) is 6.07 Å². The molecule has 2 rings (SSSR count). The summed E-state index contributed by atoms with van der Waals surface area (Å²) in [7, 11) is 0. The first-order chi connectivity index (χ1) is 10.5. The molecule has 0 spiro atoms. The van der Waals surface area contributed by atoms with E-state index in [1.54, 1.807) is 24.3 Å². The molecule has 0 radical (unpaired) electrons. The van der Waals surface area contributed by atoms with Crippen LogP contribution < -0.4 is 5.32 Å². The molecular weight excluding hydrogens is 331 g/mol. The first-order valence-corrected chi connectivity index (χ1v) is 6.84. The molecule has 2 aromatic carbocycles. The topological polar surface area (TPSA) is 81.5 Å². The van der Waals surface area contributed by atoms with E-state index >= 15 is 0 Å². The molecule has 0 heterocycles. The fraction of sp³-hybridized carbons (Fsp3) is 0.0714. The quantitative estimate of drug-likeness (QED) is 0.648. The van der Waals surface area contributed by atoms with Gasteiger partial charge in [0.15, 0.2) is 0 Å². The summed E-state index contributed by atoms with van der Waals surface area (Å²) in [5.41, 5.74) is 0.215. The number of ether oxygens (including phenoxy) is 1. The first-order valence-electron chi connectivity index (χ1n) is 6.09. The number of hydrogen-bond acceptors (Lipinski definition) is 4. The van der Waals surface area contributed by atoms with Crippen LogP contribution in [0.25, 0.3) is 0 Å². The van der Waals surface area contributed by atoms with Crippen molar-refractivity contribution in [3.8, 4) is 0 Å². The lowest BCUT2D eigenvalue weighted by molar-refractivity contribution is -0.383. The Labute approximate surface area is 135 Å². The molecule has 0 fully saturated rings. The van der Waals surface area contributed by atoms with E-state index in [-0.39, 0.29) is 28.0 Å². The van der Waals surface area contributed by atoms with Gasteiger partial charge >= 0.3 is 6.09 Å². The minimum absolute atomic E-state index is 0.0264. The Morgan fingerprint density at radius 3 is 2.50 bits per heavy atom. The second-order valence-electron chi connectivity index (χ2n) is 4.20. The molecule has 22 heavy (non-hydrogen) atoms. The SMILES string of the molecule is O=C(Nc1c([N+](=O)[O-])ccc(Cl)c1Cl)OCc1ccccc1. The molecule has 0 saturated carbocycles. The molecule has 0 aromatic heterocycles. The summed E-state index contributed by atoms with van der Waals surface area (Å²) in [5.74, 6) is 0. The zero-order valence-electron chi connectivity index (χ0n) is 11.1. The maximum atomic E-state index is 11.8. The van der Waals surface area contributed by atoms with Gasteiger partial charge in [-0.2, -0.15) is 0 Å². The van der Waals surface area contributed by atoms with Crippen molar-refractivity contribution >= 4 is 40.7 Å². The monoisotopic (exact) mass is 340 g/mol. The number of hydrogen-bond donors (Lipinski definition) is 1. The number of benzene rings is 2. The van der Waals surface area contributed by atoms with Crippen LogP contribution in [0.3, 0.4) is 0 Å². The van der Waals surface area contributed by atoms with Crippen molar-refractivity contribution in [1.82, 2.24) is 0 Å². The minimum atomic E-state index is -0.865. The molecule has 8 heteroatoms. The molecular formula is C14H10Cl2N2O4. The summed E-state index contributed by atoms with van der Waals surface area (Å²) in [4.78, 5) is 22.1. The van der Waals surface area contributed by atoms with Gasteiger partial charge in [-0.25, -0.2) is 4.79 Å². The highest BCUT2D eigenvalue weighted by molar-refractivity contribution is 6.44. The second-order valence-corrected chi connectivity index (χ2v) is 4.98. The summed E-state index contributed by atoms with van der Waals surface area (Å²) >= 11 is 11.7. The lowest BCUT2D eigenvalue weighted by Crippen LogP contribution is -2.15. The molecule has 0 aliphatic carbocycles. The third-order valence-corrected chi connectivity index (χ3v) is 3.51. The number of nitrogens with zero attached hydrogens (tertiary/aromatic N) is 1. The van der Waals surface area contributed by atoms with Gasteiger partial charge in [-0.15, -0.1) is 0 Å². The van der Waals surface area contributed by atoms with Gasteiger partial charge in [-0.3, -0.25) is 15.4 Å². The highest BCUT2D eigenvalue weighted by atomic mass is 35.5. The third kappa shape index (κ3) is 3.87. The minimum Gasteiger partial charge on any atom is -0.444 e. The fourth-order valence-electron chi connectivity index (χ4n) is 1.67. The van der Waals surface area contributed by atoms with Crippen molar-refractivity contribution in [3.05, 3.63) is 68.2 Å². The average Bonchev–Trinajstić information content (AvgIpc) is 2.50. The Bertz CT molecular complexity index is 707. The molecule has 1 amide bonds. The van der Waals surface area contributed by atoms with Gasteiger partial charge in [-0.1, -0.05) is 53.5 Å². The van der Waals surface area contributed by atoms with Crippen LogP contribution in [0.15, 0.2) is 42.5 Å². The van der Waals surface area contributed by atoms with Crippen LogP contribution in [0.4, 0.5) is 16.2 Å². The van der Waals surface area contributed by atoms with E-state index < -0.39 is 11.0 Å². The van der Waals surface area contributed by atoms with Gasteiger partial charge in [0, 0.05) is 6.07 Å². The summed E-state index contributed by atoms with van der Waals surface area (Å²) in [6, 6.07) is 11.4. The van der Waals surface area contributed by atoms with Gasteiger partial charge in [0.25, 0.3) is 5.69 Å². The van der Waals surface area contributed by atoms with Crippen LogP contribution in [-0.2, 0) is 11.3 Å². The zero-order chi connectivity index (χ0) is 16.1. The van der Waals surface area contributed by atoms with E-state index in [9.17, 15) is 14.9 Å². The van der Waals surface area contributed by atoms with Gasteiger partial charge < -0.3 is 4.74 Å². The number of halogens is 2. The number of nitro groups is 1. The van der Waals surface area contributed by atoms with Crippen LogP contribution in [-0.4, -0.2) is 11.0 Å². The number of nitrogens with one attached hydrogen (secondary N) is 1. The summed E-state index contributed by atoms with van der Waals surface area (Å²) < 4.78 is 4.99. The summed E-state index contributed by atoms with van der Waals surface area (Å²) in [5, 5.41) is 13.2. The van der Waals surface area contributed by atoms with Crippen LogP contribution in [0.1, 0.15) is 5.56 Å². The van der Waals surface area contributed by atoms with E-state index in [0.29, 0.717) is 0 Å². The number of anilines is 1. The highest BCUT2D eigenvalue weighted by Gasteiger charge is 2.21. The average molecular weight is 341 g/mol. The van der Waals surface area contributed by atoms with Crippen LogP contribution in [0, 0.1) is 10.1 Å². The van der Waals surface area contributed by atoms with Crippen molar-refractivity contribution < 1.29 is 14.5 Å². The van der Waals surface area contributed by atoms with Crippen molar-refractivity contribution in [2.75, 3.05) is 5.32 Å². The Hall–Kier alpha value is -2.31. The second kappa shape index (κ2) is 7.11. The maximum absolute atomic E-state index is 11.8. The van der Waals surface area contributed by atoms with E-state index in [1.165, 1.54) is 6.07 Å². The van der Waals surface area contributed by atoms with E-state index in [0.717, 1.165) is 11.6 Å². The third-order valence-electron chi connectivity index (χ3n) is 2.71. The molecule has 0 aliphatic heterocycles. The lowest BCUT2D eigenvalue weighted by atomic mass is 10.2. The molecule has 6 nitrogen and oxygen atoms in total. The van der Waals surface area contributed by atoms with Crippen LogP contribution >= 0.6 is 23.2 Å². The van der Waals surface area contributed by atoms with E-state index in [2.05, 4.69) is 5.32 Å². The Kier molecular flexibility index (Phi) is 5.19. The molecule has 0 aliphatic rings. The largest absolute Gasteiger partial charge is 0.444 e. The van der Waals surface area contributed by atoms with Gasteiger partial charge in [-0.05, 0) is 11.6 Å². The number of carbonyl (C=O) groups excluding carboxylic acids is 1. The summed E-state index contributed by atoms with van der Waals surface area (Å²) in [6.45, 7) is 0.0264. The Balaban J connectivity index is 2.11. The van der Waals surface area contributed by atoms with E-state index in [4.69, 9.17) is 27.9 Å². The smallest absolute Gasteiger partial charge is 0.412 e. The molecule has 0 bridgehead atoms. The number of nitro benzene ring substituents is 1. The van der Waals surface area contributed by atoms with Crippen molar-refractivity contribution in [1.29, 1.82) is 0 Å². The van der Waals surface area contributed by atoms with Crippen LogP contribution in [0.2, 0.25) is 10.0 Å². The molecule has 114 valence electrons. The fourth-order valence-corrected chi connectivity index (χ4v) is 2.04. The number of amides is 1. The molecule has 0 unspecified atom stereocenters. The van der Waals surface area contributed by atoms with Gasteiger partial charge in [0.1, 0.15) is 12.3 Å². The normalized spacial score (nSPS) is 10.1. The molecule has 0 saturated heterocycles. The predicted molar refractivity (Wildman–Crippen MR) is 83.4 cm³/mol. The first kappa shape index (κ1) is 16.1. The Morgan fingerprint density at radius 1 is 1.18 bits per heavy atom. The summed E-state index contributed by atoms with van der Waals surface area (Å²) in [6.07, 6.45) is -0.865. The van der Waals surface area contributed by atoms with Crippen molar-refractivity contribution in [2.45, 2.75) is 6.61 Å². The molecule has 2 aromatic rings. The van der Waals surface area contributed by atoms with Gasteiger partial charge in [0.05, 0.1) is 15.0 Å². The predicted octanol–water partition coefficient (Wildman–Crippen LogP) is 4.65. The van der Waals surface area contributed by atoms with Crippen molar-refractivity contribution in [3.63, 3.8) is 0 Å².